The van der Waals surface area contributed by atoms with E-state index < -0.39 is 11.7 Å². The number of rotatable bonds is 1. The highest BCUT2D eigenvalue weighted by atomic mass is 35.5. The number of halogens is 2. The highest BCUT2D eigenvalue weighted by Crippen LogP contribution is 2.29. The van der Waals surface area contributed by atoms with Crippen LogP contribution in [-0.2, 0) is 4.74 Å². The van der Waals surface area contributed by atoms with Gasteiger partial charge in [0, 0.05) is 4.90 Å². The Morgan fingerprint density at radius 1 is 1.47 bits per heavy atom. The number of hydrogen-bond acceptors (Lipinski definition) is 4. The third-order valence-corrected chi connectivity index (χ3v) is 2.76. The Kier molecular flexibility index (Phi) is 4.52. The molecule has 0 aliphatic carbocycles. The third-order valence-electron chi connectivity index (χ3n) is 1.53. The van der Waals surface area contributed by atoms with E-state index in [0.717, 1.165) is 0 Å². The molecule has 1 N–H and O–H groups in total. The van der Waals surface area contributed by atoms with E-state index in [2.05, 4.69) is 22.9 Å². The summed E-state index contributed by atoms with van der Waals surface area (Å²) in [7, 11) is 0. The SMILES string of the molecule is CC(C)(C)OC(=O)Nc1cc(S)c(Cl)c(Cl)n1. The lowest BCUT2D eigenvalue weighted by atomic mass is 10.2. The Bertz CT molecular complexity index is 423. The Morgan fingerprint density at radius 2 is 2.06 bits per heavy atom. The Hall–Kier alpha value is -0.650. The molecule has 0 unspecified atom stereocenters. The molecule has 1 heterocycles. The number of nitrogens with zero attached hydrogens (tertiary/aromatic N) is 1. The Labute approximate surface area is 115 Å². The Morgan fingerprint density at radius 3 is 2.53 bits per heavy atom. The van der Waals surface area contributed by atoms with Gasteiger partial charge in [-0.05, 0) is 26.8 Å². The molecule has 1 aromatic rings. The first-order valence-corrected chi connectivity index (χ1v) is 5.94. The number of aromatic nitrogens is 1. The molecule has 17 heavy (non-hydrogen) atoms. The number of nitrogens with one attached hydrogen (secondary N) is 1. The van der Waals surface area contributed by atoms with Crippen molar-refractivity contribution in [1.29, 1.82) is 0 Å². The lowest BCUT2D eigenvalue weighted by Gasteiger charge is -2.19. The zero-order valence-electron chi connectivity index (χ0n) is 9.54. The molecule has 0 aliphatic heterocycles. The van der Waals surface area contributed by atoms with E-state index in [1.807, 2.05) is 0 Å². The van der Waals surface area contributed by atoms with Crippen molar-refractivity contribution in [3.63, 3.8) is 0 Å². The van der Waals surface area contributed by atoms with Crippen molar-refractivity contribution in [2.24, 2.45) is 0 Å². The first-order chi connectivity index (χ1) is 7.69. The summed E-state index contributed by atoms with van der Waals surface area (Å²) >= 11 is 15.6. The number of anilines is 1. The summed E-state index contributed by atoms with van der Waals surface area (Å²) in [6.07, 6.45) is -0.615. The lowest BCUT2D eigenvalue weighted by molar-refractivity contribution is 0.0635. The van der Waals surface area contributed by atoms with Crippen molar-refractivity contribution in [3.05, 3.63) is 16.2 Å². The fraction of sp³-hybridized carbons (Fsp3) is 0.400. The van der Waals surface area contributed by atoms with E-state index in [-0.39, 0.29) is 16.0 Å². The molecule has 1 amide bonds. The largest absolute Gasteiger partial charge is 0.444 e. The Balaban J connectivity index is 2.79. The number of ether oxygens (including phenoxy) is 1. The van der Waals surface area contributed by atoms with E-state index in [9.17, 15) is 4.79 Å². The number of thiol groups is 1. The topological polar surface area (TPSA) is 51.2 Å². The maximum atomic E-state index is 11.5. The van der Waals surface area contributed by atoms with Gasteiger partial charge in [0.05, 0.1) is 5.02 Å². The van der Waals surface area contributed by atoms with Gasteiger partial charge in [0.15, 0.2) is 5.15 Å². The van der Waals surface area contributed by atoms with Gasteiger partial charge in [-0.1, -0.05) is 23.2 Å². The molecule has 0 spiro atoms. The molecule has 0 bridgehead atoms. The maximum Gasteiger partial charge on any atom is 0.413 e. The fourth-order valence-electron chi connectivity index (χ4n) is 0.958. The van der Waals surface area contributed by atoms with Crippen molar-refractivity contribution in [2.75, 3.05) is 5.32 Å². The van der Waals surface area contributed by atoms with Crippen LogP contribution in [0.1, 0.15) is 20.8 Å². The van der Waals surface area contributed by atoms with Gasteiger partial charge < -0.3 is 4.74 Å². The second-order valence-electron chi connectivity index (χ2n) is 4.26. The second kappa shape index (κ2) is 5.33. The monoisotopic (exact) mass is 294 g/mol. The molecule has 4 nitrogen and oxygen atoms in total. The molecule has 0 aliphatic rings. The predicted octanol–water partition coefficient (Wildman–Crippen LogP) is 4.02. The zero-order valence-corrected chi connectivity index (χ0v) is 12.0. The van der Waals surface area contributed by atoms with Crippen LogP contribution in [0.4, 0.5) is 10.6 Å². The van der Waals surface area contributed by atoms with Crippen molar-refractivity contribution in [3.8, 4) is 0 Å². The average Bonchev–Trinajstić information content (AvgIpc) is 2.10. The molecule has 94 valence electrons. The lowest BCUT2D eigenvalue weighted by Crippen LogP contribution is -2.27. The molecule has 0 saturated carbocycles. The van der Waals surface area contributed by atoms with Gasteiger partial charge in [-0.25, -0.2) is 9.78 Å². The molecule has 1 rings (SSSR count). The van der Waals surface area contributed by atoms with Crippen molar-refractivity contribution >= 4 is 47.7 Å². The van der Waals surface area contributed by atoms with Gasteiger partial charge in [-0.3, -0.25) is 5.32 Å². The minimum Gasteiger partial charge on any atom is -0.444 e. The molecular weight excluding hydrogens is 283 g/mol. The second-order valence-corrected chi connectivity index (χ2v) is 5.48. The van der Waals surface area contributed by atoms with Crippen LogP contribution in [0, 0.1) is 0 Å². The predicted molar refractivity (Wildman–Crippen MR) is 71.4 cm³/mol. The molecule has 0 atom stereocenters. The molecule has 0 fully saturated rings. The molecular formula is C10H12Cl2N2O2S. The van der Waals surface area contributed by atoms with E-state index in [1.165, 1.54) is 6.07 Å². The minimum absolute atomic E-state index is 0.0743. The van der Waals surface area contributed by atoms with Crippen molar-refractivity contribution in [2.45, 2.75) is 31.3 Å². The third kappa shape index (κ3) is 4.61. The number of hydrogen-bond donors (Lipinski definition) is 2. The minimum atomic E-state index is -0.615. The summed E-state index contributed by atoms with van der Waals surface area (Å²) < 4.78 is 5.06. The quantitative estimate of drug-likeness (QED) is 0.607. The molecule has 1 aromatic heterocycles. The van der Waals surface area contributed by atoms with E-state index >= 15 is 0 Å². The molecule has 7 heteroatoms. The van der Waals surface area contributed by atoms with Crippen LogP contribution in [0.3, 0.4) is 0 Å². The summed E-state index contributed by atoms with van der Waals surface area (Å²) in [4.78, 5) is 15.8. The number of pyridine rings is 1. The van der Waals surface area contributed by atoms with Gasteiger partial charge in [-0.15, -0.1) is 12.6 Å². The highest BCUT2D eigenvalue weighted by Gasteiger charge is 2.17. The zero-order chi connectivity index (χ0) is 13.2. The first-order valence-electron chi connectivity index (χ1n) is 4.74. The summed E-state index contributed by atoms with van der Waals surface area (Å²) in [5.74, 6) is 0.235. The number of carbonyl (C=O) groups is 1. The van der Waals surface area contributed by atoms with Crippen LogP contribution in [-0.4, -0.2) is 16.7 Å². The van der Waals surface area contributed by atoms with Crippen LogP contribution >= 0.6 is 35.8 Å². The molecule has 0 radical (unpaired) electrons. The van der Waals surface area contributed by atoms with Crippen LogP contribution in [0.25, 0.3) is 0 Å². The van der Waals surface area contributed by atoms with Gasteiger partial charge in [-0.2, -0.15) is 0 Å². The normalized spacial score (nSPS) is 11.2. The fourth-order valence-corrected chi connectivity index (χ4v) is 1.54. The van der Waals surface area contributed by atoms with Gasteiger partial charge >= 0.3 is 6.09 Å². The van der Waals surface area contributed by atoms with Gasteiger partial charge in [0.1, 0.15) is 11.4 Å². The summed E-state index contributed by atoms with van der Waals surface area (Å²) in [5.41, 5.74) is -0.579. The summed E-state index contributed by atoms with van der Waals surface area (Å²) in [6.45, 7) is 5.29. The standard InChI is InChI=1S/C10H12Cl2N2O2S/c1-10(2,3)16-9(15)14-6-4-5(17)7(11)8(12)13-6/h4H,1-3H3,(H2,13,14,15,17). The van der Waals surface area contributed by atoms with Crippen molar-refractivity contribution in [1.82, 2.24) is 4.98 Å². The summed E-state index contributed by atoms with van der Waals surface area (Å²) in [6, 6.07) is 1.49. The highest BCUT2D eigenvalue weighted by molar-refractivity contribution is 7.80. The van der Waals surface area contributed by atoms with E-state index in [0.29, 0.717) is 4.90 Å². The number of carbonyl (C=O) groups excluding carboxylic acids is 1. The van der Waals surface area contributed by atoms with E-state index in [1.54, 1.807) is 20.8 Å². The van der Waals surface area contributed by atoms with E-state index in [4.69, 9.17) is 27.9 Å². The number of amides is 1. The molecule has 0 saturated heterocycles. The average molecular weight is 295 g/mol. The molecule has 0 aromatic carbocycles. The van der Waals surface area contributed by atoms with Crippen molar-refractivity contribution < 1.29 is 9.53 Å². The smallest absolute Gasteiger partial charge is 0.413 e. The van der Waals surface area contributed by atoms with Gasteiger partial charge in [0.2, 0.25) is 0 Å². The van der Waals surface area contributed by atoms with Gasteiger partial charge in [0.25, 0.3) is 0 Å². The maximum absolute atomic E-state index is 11.5. The van der Waals surface area contributed by atoms with Crippen LogP contribution in [0.15, 0.2) is 11.0 Å². The van der Waals surface area contributed by atoms with Crippen LogP contribution in [0.5, 0.6) is 0 Å². The summed E-state index contributed by atoms with van der Waals surface area (Å²) in [5, 5.41) is 2.76. The first kappa shape index (κ1) is 14.4. The van der Waals surface area contributed by atoms with Crippen LogP contribution < -0.4 is 5.32 Å². The van der Waals surface area contributed by atoms with Crippen LogP contribution in [0.2, 0.25) is 10.2 Å².